The fourth-order valence-electron chi connectivity index (χ4n) is 3.23. The van der Waals surface area contributed by atoms with Crippen LogP contribution in [0.2, 0.25) is 0 Å². The first kappa shape index (κ1) is 19.7. The molecule has 0 unspecified atom stereocenters. The van der Waals surface area contributed by atoms with Crippen LogP contribution in [-0.4, -0.2) is 33.7 Å². The summed E-state index contributed by atoms with van der Waals surface area (Å²) < 4.78 is 5.16. The highest BCUT2D eigenvalue weighted by Gasteiger charge is 2.35. The molecule has 0 saturated carbocycles. The van der Waals surface area contributed by atoms with Gasteiger partial charge in [-0.25, -0.2) is 4.79 Å². The minimum atomic E-state index is -1.07. The first-order chi connectivity index (χ1) is 14.5. The van der Waals surface area contributed by atoms with E-state index in [2.05, 4.69) is 0 Å². The minimum Gasteiger partial charge on any atom is -0.482 e. The van der Waals surface area contributed by atoms with Gasteiger partial charge in [0.15, 0.2) is 6.61 Å². The van der Waals surface area contributed by atoms with E-state index in [0.29, 0.717) is 16.2 Å². The number of imide groups is 1. The molecular weight excluding hydrogens is 402 g/mol. The number of benzene rings is 3. The number of hydrogen-bond acceptors (Lipinski definition) is 5. The number of aliphatic carboxylic acids is 1. The summed E-state index contributed by atoms with van der Waals surface area (Å²) in [6.07, 6.45) is 1.61. The average Bonchev–Trinajstić information content (AvgIpc) is 3.00. The third-order valence-corrected chi connectivity index (χ3v) is 5.51. The molecule has 0 atom stereocenters. The fourth-order valence-corrected chi connectivity index (χ4v) is 4.07. The van der Waals surface area contributed by atoms with E-state index in [9.17, 15) is 14.4 Å². The van der Waals surface area contributed by atoms with Gasteiger partial charge in [0.25, 0.3) is 11.1 Å². The second kappa shape index (κ2) is 8.42. The van der Waals surface area contributed by atoms with Gasteiger partial charge in [-0.05, 0) is 51.9 Å². The molecular formula is C23H17NO5S. The van der Waals surface area contributed by atoms with Gasteiger partial charge in [-0.1, -0.05) is 54.6 Å². The molecule has 1 fully saturated rings. The van der Waals surface area contributed by atoms with Gasteiger partial charge in [0, 0.05) is 0 Å². The number of ether oxygens (including phenoxy) is 1. The van der Waals surface area contributed by atoms with Crippen LogP contribution in [0, 0.1) is 0 Å². The van der Waals surface area contributed by atoms with Crippen LogP contribution in [0.1, 0.15) is 11.1 Å². The molecule has 1 aliphatic heterocycles. The largest absolute Gasteiger partial charge is 0.482 e. The van der Waals surface area contributed by atoms with Crippen LogP contribution < -0.4 is 4.74 Å². The van der Waals surface area contributed by atoms with Gasteiger partial charge in [-0.15, -0.1) is 0 Å². The number of thioether (sulfide) groups is 1. The zero-order chi connectivity index (χ0) is 21.1. The molecule has 6 nitrogen and oxygen atoms in total. The lowest BCUT2D eigenvalue weighted by atomic mass is 10.0. The van der Waals surface area contributed by atoms with Gasteiger partial charge in [0.2, 0.25) is 0 Å². The Hall–Kier alpha value is -3.58. The van der Waals surface area contributed by atoms with Gasteiger partial charge in [0.05, 0.1) is 11.4 Å². The molecule has 2 amide bonds. The molecule has 0 aromatic heterocycles. The van der Waals surface area contributed by atoms with Crippen molar-refractivity contribution in [2.24, 2.45) is 0 Å². The lowest BCUT2D eigenvalue weighted by Gasteiger charge is -2.14. The van der Waals surface area contributed by atoms with Crippen LogP contribution in [0.5, 0.6) is 5.75 Å². The molecule has 1 saturated heterocycles. The first-order valence-corrected chi connectivity index (χ1v) is 9.99. The SMILES string of the molecule is O=C(O)COc1cccc(/C=C2\SC(=O)N(Cc3cccc4ccccc34)C2=O)c1. The first-order valence-electron chi connectivity index (χ1n) is 9.18. The topological polar surface area (TPSA) is 83.9 Å². The van der Waals surface area contributed by atoms with E-state index in [1.165, 1.54) is 4.90 Å². The number of nitrogens with zero attached hydrogens (tertiary/aromatic N) is 1. The van der Waals surface area contributed by atoms with Crippen molar-refractivity contribution in [1.82, 2.24) is 4.90 Å². The van der Waals surface area contributed by atoms with Crippen LogP contribution in [0.3, 0.4) is 0 Å². The number of carbonyl (C=O) groups is 3. The molecule has 3 aromatic carbocycles. The van der Waals surface area contributed by atoms with Gasteiger partial charge in [-0.2, -0.15) is 0 Å². The Balaban J connectivity index is 1.55. The van der Waals surface area contributed by atoms with Crippen LogP contribution in [-0.2, 0) is 16.1 Å². The Morgan fingerprint density at radius 1 is 1.03 bits per heavy atom. The van der Waals surface area contributed by atoms with Crippen molar-refractivity contribution in [2.75, 3.05) is 6.61 Å². The van der Waals surface area contributed by atoms with Gasteiger partial charge < -0.3 is 9.84 Å². The van der Waals surface area contributed by atoms with Gasteiger partial charge in [0.1, 0.15) is 5.75 Å². The summed E-state index contributed by atoms with van der Waals surface area (Å²) in [5, 5.41) is 10.5. The van der Waals surface area contributed by atoms with Crippen molar-refractivity contribution in [1.29, 1.82) is 0 Å². The van der Waals surface area contributed by atoms with E-state index in [-0.39, 0.29) is 17.7 Å². The van der Waals surface area contributed by atoms with Crippen LogP contribution in [0.25, 0.3) is 16.8 Å². The number of carboxylic acids is 1. The molecule has 150 valence electrons. The molecule has 4 rings (SSSR count). The average molecular weight is 419 g/mol. The van der Waals surface area contributed by atoms with E-state index < -0.39 is 12.6 Å². The highest BCUT2D eigenvalue weighted by molar-refractivity contribution is 8.18. The molecule has 30 heavy (non-hydrogen) atoms. The van der Waals surface area contributed by atoms with Crippen molar-refractivity contribution < 1.29 is 24.2 Å². The van der Waals surface area contributed by atoms with Crippen molar-refractivity contribution in [3.05, 3.63) is 82.8 Å². The minimum absolute atomic E-state index is 0.200. The third kappa shape index (κ3) is 4.21. The number of carboxylic acid groups (broad SMARTS) is 1. The van der Waals surface area contributed by atoms with E-state index >= 15 is 0 Å². The number of fused-ring (bicyclic) bond motifs is 1. The molecule has 3 aromatic rings. The summed E-state index contributed by atoms with van der Waals surface area (Å²) in [7, 11) is 0. The maximum Gasteiger partial charge on any atom is 0.341 e. The molecule has 1 heterocycles. The van der Waals surface area contributed by atoms with Crippen molar-refractivity contribution in [3.8, 4) is 5.75 Å². The summed E-state index contributed by atoms with van der Waals surface area (Å²) in [5.41, 5.74) is 1.55. The van der Waals surface area contributed by atoms with Crippen molar-refractivity contribution in [2.45, 2.75) is 6.54 Å². The summed E-state index contributed by atoms with van der Waals surface area (Å²) >= 11 is 0.889. The lowest BCUT2D eigenvalue weighted by Crippen LogP contribution is -2.27. The Bertz CT molecular complexity index is 1180. The summed E-state index contributed by atoms with van der Waals surface area (Å²) in [6.45, 7) is -0.254. The van der Waals surface area contributed by atoms with E-state index in [4.69, 9.17) is 9.84 Å². The van der Waals surface area contributed by atoms with Gasteiger partial charge in [-0.3, -0.25) is 14.5 Å². The van der Waals surface area contributed by atoms with Crippen LogP contribution in [0.4, 0.5) is 4.79 Å². The molecule has 1 N–H and O–H groups in total. The van der Waals surface area contributed by atoms with E-state index in [1.807, 2.05) is 42.5 Å². The number of amides is 2. The molecule has 1 aliphatic rings. The zero-order valence-electron chi connectivity index (χ0n) is 15.8. The zero-order valence-corrected chi connectivity index (χ0v) is 16.6. The number of carbonyl (C=O) groups excluding carboxylic acids is 2. The smallest absolute Gasteiger partial charge is 0.341 e. The Labute approximate surface area is 176 Å². The maximum absolute atomic E-state index is 12.9. The second-order valence-corrected chi connectivity index (χ2v) is 7.65. The number of rotatable bonds is 6. The Kier molecular flexibility index (Phi) is 5.54. The number of hydrogen-bond donors (Lipinski definition) is 1. The molecule has 0 spiro atoms. The van der Waals surface area contributed by atoms with Gasteiger partial charge >= 0.3 is 5.97 Å². The van der Waals surface area contributed by atoms with E-state index in [1.54, 1.807) is 30.3 Å². The summed E-state index contributed by atoms with van der Waals surface area (Å²) in [6, 6.07) is 20.4. The summed E-state index contributed by atoms with van der Waals surface area (Å²) in [4.78, 5) is 37.6. The van der Waals surface area contributed by atoms with Crippen molar-refractivity contribution >= 4 is 45.7 Å². The standard InChI is InChI=1S/C23H17NO5S/c25-21(26)14-29-18-9-3-5-15(11-18)12-20-22(27)24(23(28)30-20)13-17-8-4-7-16-6-1-2-10-19(16)17/h1-12H,13-14H2,(H,25,26)/b20-12-. The highest BCUT2D eigenvalue weighted by Crippen LogP contribution is 2.34. The van der Waals surface area contributed by atoms with E-state index in [0.717, 1.165) is 28.1 Å². The van der Waals surface area contributed by atoms with Crippen molar-refractivity contribution in [3.63, 3.8) is 0 Å². The predicted octanol–water partition coefficient (Wildman–Crippen LogP) is 4.54. The highest BCUT2D eigenvalue weighted by atomic mass is 32.2. The van der Waals surface area contributed by atoms with Crippen LogP contribution in [0.15, 0.2) is 71.6 Å². The molecule has 7 heteroatoms. The maximum atomic E-state index is 12.9. The fraction of sp³-hybridized carbons (Fsp3) is 0.0870. The normalized spacial score (nSPS) is 15.2. The second-order valence-electron chi connectivity index (χ2n) is 6.66. The molecule has 0 bridgehead atoms. The monoisotopic (exact) mass is 419 g/mol. The molecule has 0 aliphatic carbocycles. The van der Waals surface area contributed by atoms with Crippen LogP contribution >= 0.6 is 11.8 Å². The molecule has 0 radical (unpaired) electrons. The third-order valence-electron chi connectivity index (χ3n) is 4.60. The quantitative estimate of drug-likeness (QED) is 0.591. The lowest BCUT2D eigenvalue weighted by molar-refractivity contribution is -0.139. The Morgan fingerprint density at radius 2 is 1.80 bits per heavy atom. The predicted molar refractivity (Wildman–Crippen MR) is 115 cm³/mol. The Morgan fingerprint density at radius 3 is 2.63 bits per heavy atom. The summed E-state index contributed by atoms with van der Waals surface area (Å²) in [5.74, 6) is -1.05.